The second kappa shape index (κ2) is 5.73. The van der Waals surface area contributed by atoms with Crippen LogP contribution >= 0.6 is 0 Å². The molecule has 1 aliphatic heterocycles. The summed E-state index contributed by atoms with van der Waals surface area (Å²) < 4.78 is 45.9. The van der Waals surface area contributed by atoms with Crippen LogP contribution < -0.4 is 10.2 Å². The van der Waals surface area contributed by atoms with E-state index in [1.165, 1.54) is 19.2 Å². The number of carbonyl (C=O) groups excluding carboxylic acids is 1. The fraction of sp³-hybridized carbons (Fsp3) is 0.312. The first kappa shape index (κ1) is 15.6. The summed E-state index contributed by atoms with van der Waals surface area (Å²) in [6.45, 7) is 0.0208. The van der Waals surface area contributed by atoms with Crippen molar-refractivity contribution in [3.05, 3.63) is 42.0 Å². The minimum atomic E-state index is -4.51. The normalized spacial score (nSPS) is 17.3. The maximum atomic E-state index is 13.5. The number of methoxy groups -OCH3 is 1. The van der Waals surface area contributed by atoms with Gasteiger partial charge in [-0.3, -0.25) is 10.2 Å². The number of benzene rings is 2. The van der Waals surface area contributed by atoms with Gasteiger partial charge in [0.25, 0.3) is 0 Å². The van der Waals surface area contributed by atoms with Crippen molar-refractivity contribution in [1.82, 2.24) is 10.4 Å². The number of nitrogens with zero attached hydrogens (tertiary/aromatic N) is 1. The summed E-state index contributed by atoms with van der Waals surface area (Å²) in [6, 6.07) is 7.94. The zero-order chi connectivity index (χ0) is 16.6. The summed E-state index contributed by atoms with van der Waals surface area (Å²) in [5.41, 5.74) is 2.35. The summed E-state index contributed by atoms with van der Waals surface area (Å²) >= 11 is 0. The van der Waals surface area contributed by atoms with Crippen molar-refractivity contribution < 1.29 is 22.7 Å². The zero-order valence-corrected chi connectivity index (χ0v) is 12.4. The average Bonchev–Trinajstić information content (AvgIpc) is 2.91. The molecule has 23 heavy (non-hydrogen) atoms. The molecule has 1 heterocycles. The van der Waals surface area contributed by atoms with Crippen molar-refractivity contribution in [2.24, 2.45) is 0 Å². The molecule has 4 nitrogen and oxygen atoms in total. The Morgan fingerprint density at radius 2 is 2.04 bits per heavy atom. The van der Waals surface area contributed by atoms with E-state index in [4.69, 9.17) is 4.74 Å². The maximum absolute atomic E-state index is 13.5. The molecule has 1 N–H and O–H groups in total. The highest BCUT2D eigenvalue weighted by molar-refractivity contribution is 5.89. The minimum absolute atomic E-state index is 0.0208. The van der Waals surface area contributed by atoms with Crippen LogP contribution in [0.15, 0.2) is 36.4 Å². The lowest BCUT2D eigenvalue weighted by Crippen LogP contribution is -2.43. The first-order chi connectivity index (χ1) is 10.9. The Balaban J connectivity index is 2.09. The molecule has 7 heteroatoms. The molecular weight excluding hydrogens is 309 g/mol. The van der Waals surface area contributed by atoms with Crippen LogP contribution in [0.2, 0.25) is 0 Å². The smallest absolute Gasteiger partial charge is 0.409 e. The standard InChI is InChI=1S/C16H15F3N2O2/c1-23-13-4-2-3-10-5-6-11(9-12(10)13)15(16(17,18)19)21-8-7-14(22)20-21/h2-6,9,15H,7-8H2,1H3,(H,20,22)/t15-/m0/s1. The highest BCUT2D eigenvalue weighted by atomic mass is 19.4. The van der Waals surface area contributed by atoms with Gasteiger partial charge in [-0.1, -0.05) is 24.3 Å². The van der Waals surface area contributed by atoms with Crippen LogP contribution in [0.5, 0.6) is 5.75 Å². The Kier molecular flexibility index (Phi) is 3.89. The van der Waals surface area contributed by atoms with Gasteiger partial charge in [0.2, 0.25) is 5.91 Å². The van der Waals surface area contributed by atoms with Crippen LogP contribution in [0.4, 0.5) is 13.2 Å². The van der Waals surface area contributed by atoms with Crippen molar-refractivity contribution in [2.75, 3.05) is 13.7 Å². The monoisotopic (exact) mass is 324 g/mol. The number of rotatable bonds is 3. The molecule has 1 aliphatic rings. The predicted octanol–water partition coefficient (Wildman–Crippen LogP) is 3.19. The predicted molar refractivity (Wildman–Crippen MR) is 78.8 cm³/mol. The fourth-order valence-corrected chi connectivity index (χ4v) is 2.84. The van der Waals surface area contributed by atoms with Crippen LogP contribution in [0.25, 0.3) is 10.8 Å². The van der Waals surface area contributed by atoms with Gasteiger partial charge in [0, 0.05) is 18.4 Å². The quantitative estimate of drug-likeness (QED) is 0.943. The Labute approximate surface area is 130 Å². The van der Waals surface area contributed by atoms with E-state index < -0.39 is 18.1 Å². The van der Waals surface area contributed by atoms with Crippen molar-refractivity contribution in [1.29, 1.82) is 0 Å². The van der Waals surface area contributed by atoms with Gasteiger partial charge < -0.3 is 4.74 Å². The first-order valence-electron chi connectivity index (χ1n) is 7.09. The second-order valence-corrected chi connectivity index (χ2v) is 5.36. The molecule has 2 aromatic rings. The largest absolute Gasteiger partial charge is 0.496 e. The summed E-state index contributed by atoms with van der Waals surface area (Å²) in [6.07, 6.45) is -4.45. The van der Waals surface area contributed by atoms with Gasteiger partial charge in [0.1, 0.15) is 11.8 Å². The number of hydrogen-bond acceptors (Lipinski definition) is 3. The fourth-order valence-electron chi connectivity index (χ4n) is 2.84. The minimum Gasteiger partial charge on any atom is -0.496 e. The van der Waals surface area contributed by atoms with E-state index >= 15 is 0 Å². The van der Waals surface area contributed by atoms with E-state index in [9.17, 15) is 18.0 Å². The number of halogens is 3. The summed E-state index contributed by atoms with van der Waals surface area (Å²) in [5.74, 6) is 0.105. The average molecular weight is 324 g/mol. The molecule has 1 fully saturated rings. The van der Waals surface area contributed by atoms with E-state index in [-0.39, 0.29) is 18.5 Å². The zero-order valence-electron chi connectivity index (χ0n) is 12.4. The second-order valence-electron chi connectivity index (χ2n) is 5.36. The van der Waals surface area contributed by atoms with Crippen molar-refractivity contribution >= 4 is 16.7 Å². The van der Waals surface area contributed by atoms with Gasteiger partial charge in [0.15, 0.2) is 0 Å². The number of nitrogens with one attached hydrogen (secondary N) is 1. The lowest BCUT2D eigenvalue weighted by Gasteiger charge is -2.29. The third-order valence-corrected chi connectivity index (χ3v) is 3.87. The van der Waals surface area contributed by atoms with E-state index in [0.717, 1.165) is 10.4 Å². The Hall–Kier alpha value is -2.28. The van der Waals surface area contributed by atoms with Crippen LogP contribution in [-0.2, 0) is 4.79 Å². The summed E-state index contributed by atoms with van der Waals surface area (Å²) in [7, 11) is 1.48. The SMILES string of the molecule is COc1cccc2ccc([C@H](N3CCC(=O)N3)C(F)(F)F)cc12. The molecule has 0 unspecified atom stereocenters. The number of hydrazine groups is 1. The van der Waals surface area contributed by atoms with Gasteiger partial charge in [-0.15, -0.1) is 0 Å². The summed E-state index contributed by atoms with van der Waals surface area (Å²) in [5, 5.41) is 2.34. The topological polar surface area (TPSA) is 41.6 Å². The van der Waals surface area contributed by atoms with Gasteiger partial charge in [-0.25, -0.2) is 5.01 Å². The van der Waals surface area contributed by atoms with Crippen molar-refractivity contribution in [3.8, 4) is 5.75 Å². The van der Waals surface area contributed by atoms with Gasteiger partial charge in [-0.2, -0.15) is 13.2 Å². The third kappa shape index (κ3) is 2.96. The molecule has 2 aromatic carbocycles. The number of carbonyl (C=O) groups is 1. The molecule has 122 valence electrons. The van der Waals surface area contributed by atoms with Crippen LogP contribution in [-0.4, -0.2) is 30.7 Å². The molecule has 1 saturated heterocycles. The Morgan fingerprint density at radius 3 is 2.65 bits per heavy atom. The van der Waals surface area contributed by atoms with Crippen molar-refractivity contribution in [3.63, 3.8) is 0 Å². The molecular formula is C16H15F3N2O2. The molecule has 0 aromatic heterocycles. The number of fused-ring (bicyclic) bond motifs is 1. The van der Waals surface area contributed by atoms with Gasteiger partial charge >= 0.3 is 6.18 Å². The Morgan fingerprint density at radius 1 is 1.26 bits per heavy atom. The molecule has 1 amide bonds. The third-order valence-electron chi connectivity index (χ3n) is 3.87. The number of amides is 1. The maximum Gasteiger partial charge on any atom is 0.409 e. The van der Waals surface area contributed by atoms with Crippen LogP contribution in [0.1, 0.15) is 18.0 Å². The van der Waals surface area contributed by atoms with E-state index in [1.807, 2.05) is 6.07 Å². The summed E-state index contributed by atoms with van der Waals surface area (Å²) in [4.78, 5) is 11.3. The molecule has 0 aliphatic carbocycles. The molecule has 1 atom stereocenters. The first-order valence-corrected chi connectivity index (χ1v) is 7.09. The van der Waals surface area contributed by atoms with Crippen molar-refractivity contribution in [2.45, 2.75) is 18.6 Å². The number of hydrogen-bond donors (Lipinski definition) is 1. The van der Waals surface area contributed by atoms with Crippen LogP contribution in [0.3, 0.4) is 0 Å². The number of alkyl halides is 3. The lowest BCUT2D eigenvalue weighted by atomic mass is 10.0. The molecule has 0 saturated carbocycles. The van der Waals surface area contributed by atoms with E-state index in [0.29, 0.717) is 11.1 Å². The molecule has 0 bridgehead atoms. The molecule has 0 spiro atoms. The molecule has 3 rings (SSSR count). The highest BCUT2D eigenvalue weighted by Gasteiger charge is 2.46. The van der Waals surface area contributed by atoms with E-state index in [2.05, 4.69) is 5.43 Å². The van der Waals surface area contributed by atoms with Crippen LogP contribution in [0, 0.1) is 0 Å². The highest BCUT2D eigenvalue weighted by Crippen LogP contribution is 2.39. The lowest BCUT2D eigenvalue weighted by molar-refractivity contribution is -0.191. The van der Waals surface area contributed by atoms with Gasteiger partial charge in [0.05, 0.1) is 7.11 Å². The number of ether oxygens (including phenoxy) is 1. The molecule has 0 radical (unpaired) electrons. The Bertz CT molecular complexity index is 746. The van der Waals surface area contributed by atoms with E-state index in [1.54, 1.807) is 18.2 Å². The van der Waals surface area contributed by atoms with Gasteiger partial charge in [-0.05, 0) is 23.1 Å².